The third-order valence-corrected chi connectivity index (χ3v) is 11.7. The Bertz CT molecular complexity index is 3510. The van der Waals surface area contributed by atoms with Crippen LogP contribution in [0.2, 0.25) is 0 Å². The second-order valence-corrected chi connectivity index (χ2v) is 14.9. The molecule has 0 fully saturated rings. The van der Waals surface area contributed by atoms with Crippen molar-refractivity contribution in [2.24, 2.45) is 0 Å². The highest BCUT2D eigenvalue weighted by molar-refractivity contribution is 6.18. The lowest BCUT2D eigenvalue weighted by molar-refractivity contribution is 0.669. The molecule has 0 aliphatic carbocycles. The summed E-state index contributed by atoms with van der Waals surface area (Å²) in [5.41, 5.74) is 16.0. The van der Waals surface area contributed by atoms with Crippen molar-refractivity contribution in [2.75, 3.05) is 0 Å². The van der Waals surface area contributed by atoms with Gasteiger partial charge in [-0.05, 0) is 112 Å². The van der Waals surface area contributed by atoms with Gasteiger partial charge in [0.05, 0.1) is 22.1 Å². The fourth-order valence-electron chi connectivity index (χ4n) is 9.13. The molecule has 0 unspecified atom stereocenters. The van der Waals surface area contributed by atoms with Crippen LogP contribution in [0.15, 0.2) is 211 Å². The number of aromatic nitrogens is 2. The summed E-state index contributed by atoms with van der Waals surface area (Å²) in [7, 11) is 0. The van der Waals surface area contributed by atoms with Crippen LogP contribution in [0.4, 0.5) is 0 Å². The van der Waals surface area contributed by atoms with Crippen LogP contribution in [0.3, 0.4) is 0 Å². The van der Waals surface area contributed by atoms with Gasteiger partial charge < -0.3 is 13.6 Å². The summed E-state index contributed by atoms with van der Waals surface area (Å²) in [5, 5.41) is 7.20. The van der Waals surface area contributed by atoms with Crippen LogP contribution in [0.5, 0.6) is 0 Å². The number of rotatable bonds is 5. The van der Waals surface area contributed by atoms with Crippen LogP contribution in [-0.2, 0) is 0 Å². The zero-order valence-corrected chi connectivity index (χ0v) is 30.9. The third kappa shape index (κ3) is 4.92. The maximum absolute atomic E-state index is 6.23. The van der Waals surface area contributed by atoms with Crippen LogP contribution < -0.4 is 0 Å². The van der Waals surface area contributed by atoms with Gasteiger partial charge in [0.25, 0.3) is 0 Å². The van der Waals surface area contributed by atoms with E-state index < -0.39 is 0 Å². The predicted octanol–water partition coefficient (Wildman–Crippen LogP) is 14.8. The van der Waals surface area contributed by atoms with E-state index in [2.05, 4.69) is 203 Å². The summed E-state index contributed by atoms with van der Waals surface area (Å²) in [6.45, 7) is 0. The maximum Gasteiger partial charge on any atom is 0.135 e. The third-order valence-electron chi connectivity index (χ3n) is 11.7. The fourth-order valence-corrected chi connectivity index (χ4v) is 9.13. The molecule has 57 heavy (non-hydrogen) atoms. The van der Waals surface area contributed by atoms with Crippen molar-refractivity contribution in [2.45, 2.75) is 0 Å². The van der Waals surface area contributed by atoms with Crippen molar-refractivity contribution in [1.29, 1.82) is 0 Å². The van der Waals surface area contributed by atoms with Gasteiger partial charge in [0.15, 0.2) is 0 Å². The molecule has 0 spiro atoms. The van der Waals surface area contributed by atoms with E-state index in [1.54, 1.807) is 0 Å². The molecule has 0 radical (unpaired) electrons. The van der Waals surface area contributed by atoms with Gasteiger partial charge in [-0.25, -0.2) is 0 Å². The minimum atomic E-state index is 0.904. The Morgan fingerprint density at radius 2 is 0.825 bits per heavy atom. The zero-order chi connectivity index (χ0) is 37.5. The summed E-state index contributed by atoms with van der Waals surface area (Å²) in [5.74, 6) is 0. The van der Waals surface area contributed by atoms with Crippen molar-refractivity contribution in [3.63, 3.8) is 0 Å². The Kier molecular flexibility index (Phi) is 6.93. The molecule has 9 aromatic carbocycles. The summed E-state index contributed by atoms with van der Waals surface area (Å²) in [4.78, 5) is 0. The minimum Gasteiger partial charge on any atom is -0.456 e. The molecule has 0 aliphatic heterocycles. The summed E-state index contributed by atoms with van der Waals surface area (Å²) in [6.07, 6.45) is 0. The second-order valence-electron chi connectivity index (χ2n) is 14.9. The molecule has 0 aliphatic rings. The highest BCUT2D eigenvalue weighted by Gasteiger charge is 2.19. The molecule has 3 aromatic heterocycles. The van der Waals surface area contributed by atoms with E-state index in [-0.39, 0.29) is 0 Å². The normalized spacial score (nSPS) is 11.9. The van der Waals surface area contributed by atoms with Gasteiger partial charge in [0.1, 0.15) is 11.2 Å². The zero-order valence-electron chi connectivity index (χ0n) is 30.9. The lowest BCUT2D eigenvalue weighted by Crippen LogP contribution is -1.94. The van der Waals surface area contributed by atoms with Gasteiger partial charge in [-0.3, -0.25) is 0 Å². The fraction of sp³-hybridized carbons (Fsp3) is 0. The predicted molar refractivity (Wildman–Crippen MR) is 239 cm³/mol. The van der Waals surface area contributed by atoms with Crippen molar-refractivity contribution >= 4 is 65.6 Å². The lowest BCUT2D eigenvalue weighted by atomic mass is 9.96. The van der Waals surface area contributed by atoms with E-state index in [0.717, 1.165) is 33.3 Å². The van der Waals surface area contributed by atoms with Gasteiger partial charge in [0, 0.05) is 43.7 Å². The minimum absolute atomic E-state index is 0.904. The van der Waals surface area contributed by atoms with Crippen LogP contribution >= 0.6 is 0 Å². The number of furan rings is 1. The number of para-hydroxylation sites is 3. The number of fused-ring (bicyclic) bond motifs is 9. The van der Waals surface area contributed by atoms with Gasteiger partial charge >= 0.3 is 0 Å². The van der Waals surface area contributed by atoms with Gasteiger partial charge in [-0.1, -0.05) is 127 Å². The van der Waals surface area contributed by atoms with E-state index in [9.17, 15) is 0 Å². The van der Waals surface area contributed by atoms with E-state index in [4.69, 9.17) is 4.42 Å². The first kappa shape index (κ1) is 31.7. The molecule has 0 atom stereocenters. The molecule has 12 aromatic rings. The maximum atomic E-state index is 6.23. The monoisotopic (exact) mass is 726 g/mol. The molecular formula is C54H34N2O. The Labute approximate surface area is 328 Å². The van der Waals surface area contributed by atoms with E-state index >= 15 is 0 Å². The average Bonchev–Trinajstić information content (AvgIpc) is 3.94. The molecule has 3 heteroatoms. The molecule has 0 amide bonds. The van der Waals surface area contributed by atoms with Gasteiger partial charge in [0.2, 0.25) is 0 Å². The first-order valence-electron chi connectivity index (χ1n) is 19.5. The Morgan fingerprint density at radius 1 is 0.281 bits per heavy atom. The smallest absolute Gasteiger partial charge is 0.135 e. The lowest BCUT2D eigenvalue weighted by Gasteiger charge is -2.11. The van der Waals surface area contributed by atoms with Crippen LogP contribution in [0.25, 0.3) is 110 Å². The van der Waals surface area contributed by atoms with E-state index in [1.165, 1.54) is 77.0 Å². The Balaban J connectivity index is 1.07. The van der Waals surface area contributed by atoms with Gasteiger partial charge in [-0.15, -0.1) is 0 Å². The molecule has 3 nitrogen and oxygen atoms in total. The van der Waals surface area contributed by atoms with E-state index in [1.807, 2.05) is 12.1 Å². The van der Waals surface area contributed by atoms with Gasteiger partial charge in [-0.2, -0.15) is 0 Å². The SMILES string of the molecule is c1ccc(-c2cccc(-n3c4ccccc4c4cc(-c5ccc6c(c5)c5c(-c7ccc8oc9ccccc9c8c7)cccc5n6-c5ccccc5)ccc43)c2)cc1. The first-order chi connectivity index (χ1) is 28.3. The number of benzene rings is 9. The van der Waals surface area contributed by atoms with Crippen LogP contribution in [-0.4, -0.2) is 9.13 Å². The summed E-state index contributed by atoms with van der Waals surface area (Å²) < 4.78 is 11.0. The first-order valence-corrected chi connectivity index (χ1v) is 19.5. The molecular weight excluding hydrogens is 693 g/mol. The van der Waals surface area contributed by atoms with Crippen molar-refractivity contribution in [3.8, 4) is 44.8 Å². The molecule has 0 saturated heterocycles. The van der Waals surface area contributed by atoms with Crippen molar-refractivity contribution in [3.05, 3.63) is 206 Å². The van der Waals surface area contributed by atoms with Crippen LogP contribution in [0.1, 0.15) is 0 Å². The number of hydrogen-bond acceptors (Lipinski definition) is 1. The second kappa shape index (κ2) is 12.5. The highest BCUT2D eigenvalue weighted by Crippen LogP contribution is 2.43. The average molecular weight is 727 g/mol. The summed E-state index contributed by atoms with van der Waals surface area (Å²) >= 11 is 0. The van der Waals surface area contributed by atoms with E-state index in [0.29, 0.717) is 0 Å². The molecule has 12 rings (SSSR count). The van der Waals surface area contributed by atoms with Crippen molar-refractivity contribution < 1.29 is 4.42 Å². The number of hydrogen-bond donors (Lipinski definition) is 0. The molecule has 266 valence electrons. The summed E-state index contributed by atoms with van der Waals surface area (Å²) in [6, 6.07) is 74.6. The molecule has 0 N–H and O–H groups in total. The molecule has 0 bridgehead atoms. The number of nitrogens with zero attached hydrogens (tertiary/aromatic N) is 2. The highest BCUT2D eigenvalue weighted by atomic mass is 16.3. The quantitative estimate of drug-likeness (QED) is 0.173. The molecule has 3 heterocycles. The molecule has 0 saturated carbocycles. The Hall–Kier alpha value is -7.62. The standard InChI is InChI=1S/C54H34N2O/c1-3-13-35(14-4-1)36-15-11-18-41(31-36)56-48-22-9-7-19-43(48)45-32-37(25-28-49(45)56)38-26-29-50-47(33-38)54-42(21-12-23-51(54)55(50)40-16-5-2-6-17-40)39-27-30-53-46(34-39)44-20-8-10-24-52(44)57-53/h1-34H. The topological polar surface area (TPSA) is 23.0 Å². The van der Waals surface area contributed by atoms with Crippen molar-refractivity contribution in [1.82, 2.24) is 9.13 Å². The largest absolute Gasteiger partial charge is 0.456 e. The van der Waals surface area contributed by atoms with Crippen LogP contribution in [0, 0.1) is 0 Å². The Morgan fingerprint density at radius 3 is 1.67 bits per heavy atom.